The summed E-state index contributed by atoms with van der Waals surface area (Å²) in [6.07, 6.45) is 4.04. The number of rotatable bonds is 1. The highest BCUT2D eigenvalue weighted by Crippen LogP contribution is 2.27. The zero-order valence-electron chi connectivity index (χ0n) is 13.2. The number of para-hydroxylation sites is 1. The summed E-state index contributed by atoms with van der Waals surface area (Å²) in [5.41, 5.74) is 3.66. The lowest BCUT2D eigenvalue weighted by Crippen LogP contribution is -2.47. The predicted molar refractivity (Wildman–Crippen MR) is 89.2 cm³/mol. The number of carbonyl (C=O) groups is 1. The minimum Gasteiger partial charge on any atom is -0.393 e. The molecule has 0 atom stereocenters. The third-order valence-electron chi connectivity index (χ3n) is 5.19. The molecule has 1 aliphatic heterocycles. The van der Waals surface area contributed by atoms with E-state index >= 15 is 0 Å². The van der Waals surface area contributed by atoms with Gasteiger partial charge in [0, 0.05) is 29.2 Å². The van der Waals surface area contributed by atoms with E-state index in [2.05, 4.69) is 28.5 Å². The smallest absolute Gasteiger partial charge is 0.317 e. The minimum absolute atomic E-state index is 0.0238. The largest absolute Gasteiger partial charge is 0.393 e. The monoisotopic (exact) mass is 313 g/mol. The number of aromatic amines is 1. The second-order valence-corrected chi connectivity index (χ2v) is 6.75. The molecule has 1 aromatic carbocycles. The molecule has 0 bridgehead atoms. The van der Waals surface area contributed by atoms with Gasteiger partial charge in [0.2, 0.25) is 0 Å². The van der Waals surface area contributed by atoms with Crippen molar-refractivity contribution in [2.24, 2.45) is 0 Å². The first-order chi connectivity index (χ1) is 11.2. The normalized spacial score (nSPS) is 24.5. The second kappa shape index (κ2) is 5.89. The quantitative estimate of drug-likeness (QED) is 0.757. The Morgan fingerprint density at radius 3 is 2.83 bits per heavy atom. The van der Waals surface area contributed by atoms with E-state index in [9.17, 15) is 9.90 Å². The maximum Gasteiger partial charge on any atom is 0.317 e. The van der Waals surface area contributed by atoms with Crippen molar-refractivity contribution in [3.05, 3.63) is 35.5 Å². The summed E-state index contributed by atoms with van der Waals surface area (Å²) in [4.78, 5) is 17.9. The summed E-state index contributed by atoms with van der Waals surface area (Å²) in [5, 5.41) is 14.0. The van der Waals surface area contributed by atoms with Crippen LogP contribution < -0.4 is 5.32 Å². The van der Waals surface area contributed by atoms with Crippen LogP contribution in [-0.4, -0.2) is 39.7 Å². The number of amides is 2. The van der Waals surface area contributed by atoms with Crippen molar-refractivity contribution in [3.63, 3.8) is 0 Å². The van der Waals surface area contributed by atoms with Gasteiger partial charge in [-0.3, -0.25) is 0 Å². The third kappa shape index (κ3) is 2.81. The van der Waals surface area contributed by atoms with Crippen LogP contribution in [-0.2, 0) is 13.0 Å². The number of fused-ring (bicyclic) bond motifs is 3. The summed E-state index contributed by atoms with van der Waals surface area (Å²) >= 11 is 0. The van der Waals surface area contributed by atoms with E-state index in [1.165, 1.54) is 10.9 Å². The molecule has 4 rings (SSSR count). The molecule has 23 heavy (non-hydrogen) atoms. The number of aliphatic hydroxyl groups excluding tert-OH is 1. The average molecular weight is 313 g/mol. The van der Waals surface area contributed by atoms with Gasteiger partial charge in [0.25, 0.3) is 0 Å². The standard InChI is InChI=1S/C18H23N3O2/c22-13-7-5-12(6-8-13)19-18(23)21-10-9-15-14-3-1-2-4-16(14)20-17(15)11-21/h1-4,12-13,20,22H,5-11H2,(H,19,23). The predicted octanol–water partition coefficient (Wildman–Crippen LogP) is 2.54. The van der Waals surface area contributed by atoms with Gasteiger partial charge in [-0.2, -0.15) is 0 Å². The molecule has 0 saturated heterocycles. The fourth-order valence-corrected chi connectivity index (χ4v) is 3.85. The zero-order chi connectivity index (χ0) is 15.8. The summed E-state index contributed by atoms with van der Waals surface area (Å²) in [7, 11) is 0. The first kappa shape index (κ1) is 14.6. The van der Waals surface area contributed by atoms with E-state index in [-0.39, 0.29) is 18.2 Å². The number of H-pyrrole nitrogens is 1. The molecule has 122 valence electrons. The molecule has 3 N–H and O–H groups in total. The van der Waals surface area contributed by atoms with Gasteiger partial charge in [-0.25, -0.2) is 4.79 Å². The lowest BCUT2D eigenvalue weighted by Gasteiger charge is -2.31. The van der Waals surface area contributed by atoms with Crippen molar-refractivity contribution >= 4 is 16.9 Å². The van der Waals surface area contributed by atoms with Crippen LogP contribution in [0.15, 0.2) is 24.3 Å². The van der Waals surface area contributed by atoms with Gasteiger partial charge >= 0.3 is 6.03 Å². The van der Waals surface area contributed by atoms with Crippen LogP contribution in [0.3, 0.4) is 0 Å². The highest BCUT2D eigenvalue weighted by Gasteiger charge is 2.26. The fraction of sp³-hybridized carbons (Fsp3) is 0.500. The Balaban J connectivity index is 1.44. The summed E-state index contributed by atoms with van der Waals surface area (Å²) in [6, 6.07) is 8.56. The van der Waals surface area contributed by atoms with Crippen LogP contribution in [0, 0.1) is 0 Å². The average Bonchev–Trinajstić information content (AvgIpc) is 2.94. The van der Waals surface area contributed by atoms with Crippen molar-refractivity contribution in [3.8, 4) is 0 Å². The van der Waals surface area contributed by atoms with Crippen molar-refractivity contribution in [1.82, 2.24) is 15.2 Å². The number of aliphatic hydroxyl groups is 1. The topological polar surface area (TPSA) is 68.4 Å². The zero-order valence-corrected chi connectivity index (χ0v) is 13.2. The van der Waals surface area contributed by atoms with Crippen molar-refractivity contribution in [2.45, 2.75) is 50.8 Å². The van der Waals surface area contributed by atoms with E-state index in [4.69, 9.17) is 0 Å². The number of hydrogen-bond acceptors (Lipinski definition) is 2. The van der Waals surface area contributed by atoms with Gasteiger partial charge in [0.1, 0.15) is 0 Å². The number of carbonyl (C=O) groups excluding carboxylic acids is 1. The van der Waals surface area contributed by atoms with E-state index in [1.54, 1.807) is 0 Å². The number of benzene rings is 1. The van der Waals surface area contributed by atoms with Gasteiger partial charge < -0.3 is 20.3 Å². The van der Waals surface area contributed by atoms with Crippen molar-refractivity contribution in [2.75, 3.05) is 6.54 Å². The molecule has 0 spiro atoms. The molecule has 2 amide bonds. The van der Waals surface area contributed by atoms with Gasteiger partial charge in [0.15, 0.2) is 0 Å². The Morgan fingerprint density at radius 2 is 2.00 bits per heavy atom. The van der Waals surface area contributed by atoms with Crippen LogP contribution >= 0.6 is 0 Å². The highest BCUT2D eigenvalue weighted by atomic mass is 16.3. The number of nitrogens with zero attached hydrogens (tertiary/aromatic N) is 1. The number of urea groups is 1. The molecule has 5 nitrogen and oxygen atoms in total. The van der Waals surface area contributed by atoms with Crippen LogP contribution in [0.1, 0.15) is 36.9 Å². The Labute approximate surface area is 135 Å². The second-order valence-electron chi connectivity index (χ2n) is 6.75. The fourth-order valence-electron chi connectivity index (χ4n) is 3.85. The molecule has 1 aliphatic carbocycles. The molecule has 2 aliphatic rings. The lowest BCUT2D eigenvalue weighted by molar-refractivity contribution is 0.114. The molecular weight excluding hydrogens is 290 g/mol. The van der Waals surface area contributed by atoms with Gasteiger partial charge in [0.05, 0.1) is 12.6 Å². The molecule has 1 aromatic heterocycles. The highest BCUT2D eigenvalue weighted by molar-refractivity contribution is 5.85. The van der Waals surface area contributed by atoms with Gasteiger partial charge in [-0.15, -0.1) is 0 Å². The molecule has 0 radical (unpaired) electrons. The summed E-state index contributed by atoms with van der Waals surface area (Å²) in [6.45, 7) is 1.40. The maximum absolute atomic E-state index is 12.5. The Kier molecular flexibility index (Phi) is 3.73. The Bertz CT molecular complexity index is 716. The summed E-state index contributed by atoms with van der Waals surface area (Å²) < 4.78 is 0. The minimum atomic E-state index is -0.188. The van der Waals surface area contributed by atoms with E-state index in [0.29, 0.717) is 6.54 Å². The molecule has 1 fully saturated rings. The van der Waals surface area contributed by atoms with Crippen LogP contribution in [0.5, 0.6) is 0 Å². The van der Waals surface area contributed by atoms with Gasteiger partial charge in [-0.1, -0.05) is 18.2 Å². The molecule has 5 heteroatoms. The van der Waals surface area contributed by atoms with Gasteiger partial charge in [-0.05, 0) is 43.7 Å². The van der Waals surface area contributed by atoms with Crippen LogP contribution in [0.2, 0.25) is 0 Å². The SMILES string of the molecule is O=C(NC1CCC(O)CC1)N1CCc2c([nH]c3ccccc23)C1. The number of nitrogens with one attached hydrogen (secondary N) is 2. The lowest BCUT2D eigenvalue weighted by atomic mass is 9.93. The first-order valence-electron chi connectivity index (χ1n) is 8.52. The van der Waals surface area contributed by atoms with E-state index in [0.717, 1.165) is 49.9 Å². The van der Waals surface area contributed by atoms with Crippen molar-refractivity contribution < 1.29 is 9.90 Å². The molecule has 2 heterocycles. The molecule has 1 saturated carbocycles. The van der Waals surface area contributed by atoms with E-state index in [1.807, 2.05) is 11.0 Å². The van der Waals surface area contributed by atoms with Crippen LogP contribution in [0.4, 0.5) is 4.79 Å². The number of hydrogen-bond donors (Lipinski definition) is 3. The van der Waals surface area contributed by atoms with Crippen LogP contribution in [0.25, 0.3) is 10.9 Å². The maximum atomic E-state index is 12.5. The molecule has 2 aromatic rings. The van der Waals surface area contributed by atoms with E-state index < -0.39 is 0 Å². The first-order valence-corrected chi connectivity index (χ1v) is 8.52. The van der Waals surface area contributed by atoms with Crippen molar-refractivity contribution in [1.29, 1.82) is 0 Å². The molecule has 0 unspecified atom stereocenters. The third-order valence-corrected chi connectivity index (χ3v) is 5.19. The number of aromatic nitrogens is 1. The Hall–Kier alpha value is -2.01. The molecular formula is C18H23N3O2. The summed E-state index contributed by atoms with van der Waals surface area (Å²) in [5.74, 6) is 0. The Morgan fingerprint density at radius 1 is 1.22 bits per heavy atom.